The molecule has 0 aromatic heterocycles. The van der Waals surface area contributed by atoms with Crippen molar-refractivity contribution in [3.8, 4) is 11.5 Å². The van der Waals surface area contributed by atoms with Crippen molar-refractivity contribution in [3.63, 3.8) is 0 Å². The average molecular weight is 364 g/mol. The number of hydrogen-bond donors (Lipinski definition) is 1. The van der Waals surface area contributed by atoms with Crippen LogP contribution >= 0.6 is 0 Å². The number of ether oxygens (including phenoxy) is 2. The summed E-state index contributed by atoms with van der Waals surface area (Å²) in [5, 5.41) is 2.94. The van der Waals surface area contributed by atoms with E-state index in [0.717, 1.165) is 30.5 Å². The van der Waals surface area contributed by atoms with Crippen molar-refractivity contribution in [1.82, 2.24) is 5.32 Å². The highest BCUT2D eigenvalue weighted by molar-refractivity contribution is 6.11. The second kappa shape index (κ2) is 7.23. The lowest BCUT2D eigenvalue weighted by Crippen LogP contribution is -2.35. The van der Waals surface area contributed by atoms with Gasteiger partial charge in [-0.3, -0.25) is 9.59 Å². The Hall–Kier alpha value is -3.15. The number of rotatable bonds is 4. The SMILES string of the molecule is COc1cccc(OCC(=O)N=C2C=CC3C(=C2)NC(=O)C2=C3CCC2)c1. The maximum Gasteiger partial charge on any atom is 0.284 e. The lowest BCUT2D eigenvalue weighted by molar-refractivity contribution is -0.119. The van der Waals surface area contributed by atoms with Gasteiger partial charge in [-0.15, -0.1) is 0 Å². The fourth-order valence-corrected chi connectivity index (χ4v) is 3.67. The van der Waals surface area contributed by atoms with Crippen molar-refractivity contribution in [2.45, 2.75) is 19.3 Å². The van der Waals surface area contributed by atoms with Crippen LogP contribution in [0.25, 0.3) is 0 Å². The summed E-state index contributed by atoms with van der Waals surface area (Å²) in [6, 6.07) is 7.04. The Morgan fingerprint density at radius 1 is 1.30 bits per heavy atom. The Morgan fingerprint density at radius 3 is 3.00 bits per heavy atom. The Balaban J connectivity index is 1.43. The van der Waals surface area contributed by atoms with E-state index in [-0.39, 0.29) is 18.4 Å². The summed E-state index contributed by atoms with van der Waals surface area (Å²) >= 11 is 0. The van der Waals surface area contributed by atoms with Gasteiger partial charge in [-0.05, 0) is 49.1 Å². The van der Waals surface area contributed by atoms with E-state index in [4.69, 9.17) is 9.47 Å². The summed E-state index contributed by atoms with van der Waals surface area (Å²) in [4.78, 5) is 28.4. The first-order chi connectivity index (χ1) is 13.1. The van der Waals surface area contributed by atoms with Gasteiger partial charge in [0, 0.05) is 23.3 Å². The summed E-state index contributed by atoms with van der Waals surface area (Å²) in [7, 11) is 1.57. The van der Waals surface area contributed by atoms with E-state index >= 15 is 0 Å². The molecular formula is C21H20N2O4. The minimum Gasteiger partial charge on any atom is -0.497 e. The third-order valence-corrected chi connectivity index (χ3v) is 4.92. The molecule has 3 aliphatic rings. The molecule has 1 unspecified atom stereocenters. The van der Waals surface area contributed by atoms with Gasteiger partial charge in [0.2, 0.25) is 0 Å². The lowest BCUT2D eigenvalue weighted by Gasteiger charge is -2.28. The van der Waals surface area contributed by atoms with E-state index in [0.29, 0.717) is 17.2 Å². The smallest absolute Gasteiger partial charge is 0.284 e. The highest BCUT2D eigenvalue weighted by atomic mass is 16.5. The van der Waals surface area contributed by atoms with Crippen LogP contribution in [-0.4, -0.2) is 31.2 Å². The van der Waals surface area contributed by atoms with Crippen molar-refractivity contribution in [2.24, 2.45) is 10.9 Å². The van der Waals surface area contributed by atoms with Crippen LogP contribution in [0.15, 0.2) is 64.3 Å². The molecule has 0 radical (unpaired) electrons. The number of hydrogen-bond acceptors (Lipinski definition) is 4. The number of methoxy groups -OCH3 is 1. The van der Waals surface area contributed by atoms with Gasteiger partial charge in [-0.2, -0.15) is 0 Å². The molecular weight excluding hydrogens is 344 g/mol. The molecule has 1 aromatic carbocycles. The van der Waals surface area contributed by atoms with E-state index < -0.39 is 5.91 Å². The summed E-state index contributed by atoms with van der Waals surface area (Å²) in [6.07, 6.45) is 8.43. The number of nitrogens with zero attached hydrogens (tertiary/aromatic N) is 1. The molecule has 0 bridgehead atoms. The van der Waals surface area contributed by atoms with Crippen LogP contribution in [0.3, 0.4) is 0 Å². The molecule has 0 saturated heterocycles. The van der Waals surface area contributed by atoms with Crippen LogP contribution in [0.1, 0.15) is 19.3 Å². The molecule has 2 aliphatic carbocycles. The minimum absolute atomic E-state index is 0.0210. The zero-order valence-corrected chi connectivity index (χ0v) is 15.0. The van der Waals surface area contributed by atoms with Crippen molar-refractivity contribution in [1.29, 1.82) is 0 Å². The molecule has 27 heavy (non-hydrogen) atoms. The largest absolute Gasteiger partial charge is 0.497 e. The molecule has 2 amide bonds. The second-order valence-electron chi connectivity index (χ2n) is 6.65. The molecule has 1 aromatic rings. The topological polar surface area (TPSA) is 77.0 Å². The van der Waals surface area contributed by atoms with Crippen LogP contribution < -0.4 is 14.8 Å². The Labute approximate surface area is 157 Å². The molecule has 0 fully saturated rings. The first-order valence-electron chi connectivity index (χ1n) is 8.95. The summed E-state index contributed by atoms with van der Waals surface area (Å²) in [6.45, 7) is -0.168. The zero-order valence-electron chi connectivity index (χ0n) is 15.0. The highest BCUT2D eigenvalue weighted by Crippen LogP contribution is 2.39. The predicted octanol–water partition coefficient (Wildman–Crippen LogP) is 2.72. The quantitative estimate of drug-likeness (QED) is 0.891. The third-order valence-electron chi connectivity index (χ3n) is 4.92. The second-order valence-corrected chi connectivity index (χ2v) is 6.65. The molecule has 0 spiro atoms. The van der Waals surface area contributed by atoms with Gasteiger partial charge in [0.25, 0.3) is 11.8 Å². The van der Waals surface area contributed by atoms with Gasteiger partial charge in [0.15, 0.2) is 6.61 Å². The van der Waals surface area contributed by atoms with Gasteiger partial charge < -0.3 is 14.8 Å². The first kappa shape index (κ1) is 17.3. The summed E-state index contributed by atoms with van der Waals surface area (Å²) in [5.74, 6) is 0.886. The standard InChI is InChI=1S/C21H20N2O4/c1-26-14-4-2-5-15(11-14)27-12-20(24)22-13-8-9-17-16-6-3-7-18(16)21(25)23-19(17)10-13/h2,4-5,8-11,17H,3,6-7,12H2,1H3,(H,23,25). The molecule has 138 valence electrons. The molecule has 6 heteroatoms. The fourth-order valence-electron chi connectivity index (χ4n) is 3.67. The van der Waals surface area contributed by atoms with Crippen LogP contribution in [0.4, 0.5) is 0 Å². The summed E-state index contributed by atoms with van der Waals surface area (Å²) in [5.41, 5.74) is 3.43. The third kappa shape index (κ3) is 3.56. The number of allylic oxidation sites excluding steroid dienone is 3. The molecule has 4 rings (SSSR count). The van der Waals surface area contributed by atoms with E-state index in [9.17, 15) is 9.59 Å². The van der Waals surface area contributed by atoms with Gasteiger partial charge in [0.05, 0.1) is 12.8 Å². The number of fused-ring (bicyclic) bond motifs is 2. The van der Waals surface area contributed by atoms with Crippen LogP contribution in [0.5, 0.6) is 11.5 Å². The predicted molar refractivity (Wildman–Crippen MR) is 101 cm³/mol. The number of aliphatic imine (C=N–C) groups is 1. The van der Waals surface area contributed by atoms with Crippen molar-refractivity contribution in [2.75, 3.05) is 13.7 Å². The molecule has 6 nitrogen and oxygen atoms in total. The van der Waals surface area contributed by atoms with Gasteiger partial charge >= 0.3 is 0 Å². The normalized spacial score (nSPS) is 22.1. The van der Waals surface area contributed by atoms with Gasteiger partial charge in [-0.25, -0.2) is 4.99 Å². The monoisotopic (exact) mass is 364 g/mol. The van der Waals surface area contributed by atoms with Gasteiger partial charge in [0.1, 0.15) is 11.5 Å². The van der Waals surface area contributed by atoms with Crippen LogP contribution in [0, 0.1) is 5.92 Å². The number of carbonyl (C=O) groups is 2. The van der Waals surface area contributed by atoms with E-state index in [2.05, 4.69) is 10.3 Å². The first-order valence-corrected chi connectivity index (χ1v) is 8.95. The maximum atomic E-state index is 12.2. The van der Waals surface area contributed by atoms with Crippen molar-refractivity contribution < 1.29 is 19.1 Å². The summed E-state index contributed by atoms with van der Waals surface area (Å²) < 4.78 is 10.6. The van der Waals surface area contributed by atoms with E-state index in [1.807, 2.05) is 12.2 Å². The molecule has 1 N–H and O–H groups in total. The van der Waals surface area contributed by atoms with Gasteiger partial charge in [-0.1, -0.05) is 12.1 Å². The molecule has 1 heterocycles. The Kier molecular flexibility index (Phi) is 4.62. The molecule has 1 aliphatic heterocycles. The molecule has 0 saturated carbocycles. The van der Waals surface area contributed by atoms with E-state index in [1.54, 1.807) is 37.5 Å². The highest BCUT2D eigenvalue weighted by Gasteiger charge is 2.34. The van der Waals surface area contributed by atoms with Crippen LogP contribution in [-0.2, 0) is 9.59 Å². The number of nitrogens with one attached hydrogen (secondary N) is 1. The van der Waals surface area contributed by atoms with E-state index in [1.165, 1.54) is 5.57 Å². The maximum absolute atomic E-state index is 12.2. The lowest BCUT2D eigenvalue weighted by atomic mass is 9.85. The Morgan fingerprint density at radius 2 is 2.15 bits per heavy atom. The fraction of sp³-hybridized carbons (Fsp3) is 0.286. The molecule has 1 atom stereocenters. The zero-order chi connectivity index (χ0) is 18.8. The average Bonchev–Trinajstić information content (AvgIpc) is 3.17. The van der Waals surface area contributed by atoms with Crippen molar-refractivity contribution in [3.05, 3.63) is 59.3 Å². The Bertz CT molecular complexity index is 924. The van der Waals surface area contributed by atoms with Crippen molar-refractivity contribution >= 4 is 17.5 Å². The number of amides is 2. The number of carbonyl (C=O) groups excluding carboxylic acids is 2. The minimum atomic E-state index is -0.393. The van der Waals surface area contributed by atoms with Crippen LogP contribution in [0.2, 0.25) is 0 Å². The number of benzene rings is 1.